The van der Waals surface area contributed by atoms with Gasteiger partial charge in [0.1, 0.15) is 0 Å². The zero-order chi connectivity index (χ0) is 24.0. The lowest BCUT2D eigenvalue weighted by atomic mass is 9.83. The summed E-state index contributed by atoms with van der Waals surface area (Å²) in [6.45, 7) is 0. The van der Waals surface area contributed by atoms with Gasteiger partial charge in [0.2, 0.25) is 5.95 Å². The van der Waals surface area contributed by atoms with E-state index in [1.807, 2.05) is 6.20 Å². The Morgan fingerprint density at radius 1 is 1.06 bits per heavy atom. The van der Waals surface area contributed by atoms with Crippen LogP contribution >= 0.6 is 0 Å². The first kappa shape index (κ1) is 23.5. The molecule has 0 radical (unpaired) electrons. The van der Waals surface area contributed by atoms with E-state index < -0.39 is 5.82 Å². The van der Waals surface area contributed by atoms with E-state index in [4.69, 9.17) is 15.7 Å². The fraction of sp³-hybridized carbons (Fsp3) is 0.444. The van der Waals surface area contributed by atoms with Crippen LogP contribution in [0.15, 0.2) is 59.1 Å². The summed E-state index contributed by atoms with van der Waals surface area (Å²) < 4.78 is 13.8. The van der Waals surface area contributed by atoms with E-state index in [0.29, 0.717) is 12.0 Å². The van der Waals surface area contributed by atoms with Crippen molar-refractivity contribution in [3.63, 3.8) is 0 Å². The van der Waals surface area contributed by atoms with Crippen LogP contribution < -0.4 is 11.1 Å². The van der Waals surface area contributed by atoms with Gasteiger partial charge in [0, 0.05) is 54.2 Å². The fourth-order valence-corrected chi connectivity index (χ4v) is 5.01. The molecule has 2 aliphatic heterocycles. The standard InChI is InChI=1S/C27H32FN7/c28-24-5-2-12-30-26(24)35-27-33-16-21(17-34-27)19-13-20-15-31-23(10-11-25(20)32-14-19)4-1-3-18-6-8-22(29)9-7-18/h2,5,10-12,14-18,20,22-23H,1,3-4,6-9,13,29H2,(H,30,33,34,35). The molecule has 3 aliphatic rings. The van der Waals surface area contributed by atoms with Gasteiger partial charge in [-0.1, -0.05) is 18.9 Å². The minimum atomic E-state index is -0.449. The Morgan fingerprint density at radius 2 is 1.89 bits per heavy atom. The predicted octanol–water partition coefficient (Wildman–Crippen LogP) is 5.25. The number of hydrogen-bond donors (Lipinski definition) is 2. The van der Waals surface area contributed by atoms with Crippen molar-refractivity contribution in [1.29, 1.82) is 0 Å². The van der Waals surface area contributed by atoms with E-state index in [2.05, 4.69) is 38.6 Å². The van der Waals surface area contributed by atoms with Crippen molar-refractivity contribution in [3.8, 4) is 0 Å². The Kier molecular flexibility index (Phi) is 7.37. The van der Waals surface area contributed by atoms with Gasteiger partial charge in [-0.15, -0.1) is 0 Å². The van der Waals surface area contributed by atoms with Gasteiger partial charge >= 0.3 is 0 Å². The molecule has 2 aromatic rings. The third-order valence-electron chi connectivity index (χ3n) is 7.15. The molecule has 182 valence electrons. The minimum absolute atomic E-state index is 0.102. The number of nitrogens with one attached hydrogen (secondary N) is 1. The summed E-state index contributed by atoms with van der Waals surface area (Å²) in [6, 6.07) is 3.52. The Morgan fingerprint density at radius 3 is 2.69 bits per heavy atom. The normalized spacial score (nSPS) is 25.9. The highest BCUT2D eigenvalue weighted by molar-refractivity contribution is 6.09. The van der Waals surface area contributed by atoms with E-state index in [-0.39, 0.29) is 17.8 Å². The average Bonchev–Trinajstić information content (AvgIpc) is 3.09. The fourth-order valence-electron chi connectivity index (χ4n) is 5.01. The SMILES string of the molecule is NC1CCC(CCCC2C=CC3=NC=C(c4cnc(Nc5ncccc5F)nc4)CC3C=N2)CC1. The second-order valence-electron chi connectivity index (χ2n) is 9.71. The van der Waals surface area contributed by atoms with Crippen molar-refractivity contribution >= 4 is 29.3 Å². The first-order chi connectivity index (χ1) is 17.1. The third kappa shape index (κ3) is 6.06. The molecule has 1 saturated carbocycles. The highest BCUT2D eigenvalue weighted by Crippen LogP contribution is 2.30. The highest BCUT2D eigenvalue weighted by atomic mass is 19.1. The molecule has 0 saturated heterocycles. The second kappa shape index (κ2) is 11.0. The van der Waals surface area contributed by atoms with Crippen LogP contribution in [-0.2, 0) is 0 Å². The lowest BCUT2D eigenvalue weighted by Crippen LogP contribution is -2.26. The molecule has 35 heavy (non-hydrogen) atoms. The molecule has 2 atom stereocenters. The van der Waals surface area contributed by atoms with Crippen molar-refractivity contribution in [2.75, 3.05) is 5.32 Å². The number of hydrogen-bond acceptors (Lipinski definition) is 7. The summed E-state index contributed by atoms with van der Waals surface area (Å²) in [5, 5.41) is 2.81. The molecular weight excluding hydrogens is 441 g/mol. The maximum atomic E-state index is 13.8. The zero-order valence-electron chi connectivity index (χ0n) is 19.9. The van der Waals surface area contributed by atoms with E-state index >= 15 is 0 Å². The molecule has 8 heteroatoms. The second-order valence-corrected chi connectivity index (χ2v) is 9.71. The zero-order valence-corrected chi connectivity index (χ0v) is 19.9. The maximum absolute atomic E-state index is 13.8. The molecule has 4 heterocycles. The van der Waals surface area contributed by atoms with Gasteiger partial charge in [-0.25, -0.2) is 19.3 Å². The van der Waals surface area contributed by atoms with Gasteiger partial charge in [0.25, 0.3) is 0 Å². The van der Waals surface area contributed by atoms with Crippen molar-refractivity contribution < 1.29 is 4.39 Å². The lowest BCUT2D eigenvalue weighted by molar-refractivity contribution is 0.302. The Bertz CT molecular complexity index is 1130. The highest BCUT2D eigenvalue weighted by Gasteiger charge is 2.23. The maximum Gasteiger partial charge on any atom is 0.228 e. The monoisotopic (exact) mass is 473 g/mol. The molecule has 0 bridgehead atoms. The Hall–Kier alpha value is -3.26. The smallest absolute Gasteiger partial charge is 0.228 e. The van der Waals surface area contributed by atoms with Gasteiger partial charge in [-0.2, -0.15) is 0 Å². The lowest BCUT2D eigenvalue weighted by Gasteiger charge is -2.26. The van der Waals surface area contributed by atoms with E-state index in [1.165, 1.54) is 56.9 Å². The predicted molar refractivity (Wildman–Crippen MR) is 138 cm³/mol. The first-order valence-corrected chi connectivity index (χ1v) is 12.6. The molecule has 5 rings (SSSR count). The largest absolute Gasteiger partial charge is 0.328 e. The van der Waals surface area contributed by atoms with E-state index in [9.17, 15) is 4.39 Å². The topological polar surface area (TPSA) is 101 Å². The molecular formula is C27H32FN7. The molecule has 2 unspecified atom stereocenters. The summed E-state index contributed by atoms with van der Waals surface area (Å²) in [7, 11) is 0. The summed E-state index contributed by atoms with van der Waals surface area (Å²) >= 11 is 0. The molecule has 7 nitrogen and oxygen atoms in total. The number of allylic oxidation sites excluding steroid dienone is 2. The molecule has 1 aliphatic carbocycles. The third-order valence-corrected chi connectivity index (χ3v) is 7.15. The Labute approximate surface area is 205 Å². The molecule has 3 N–H and O–H groups in total. The van der Waals surface area contributed by atoms with Crippen LogP contribution in [0.4, 0.5) is 16.2 Å². The van der Waals surface area contributed by atoms with Crippen LogP contribution in [-0.4, -0.2) is 39.0 Å². The van der Waals surface area contributed by atoms with Crippen LogP contribution in [0, 0.1) is 17.7 Å². The van der Waals surface area contributed by atoms with Crippen molar-refractivity contribution in [2.45, 2.75) is 63.5 Å². The summed E-state index contributed by atoms with van der Waals surface area (Å²) in [6.07, 6.45) is 22.5. The van der Waals surface area contributed by atoms with Crippen molar-refractivity contribution in [1.82, 2.24) is 15.0 Å². The first-order valence-electron chi connectivity index (χ1n) is 12.6. The molecule has 1 fully saturated rings. The number of halogens is 1. The van der Waals surface area contributed by atoms with Crippen LogP contribution in [0.3, 0.4) is 0 Å². The number of pyridine rings is 1. The van der Waals surface area contributed by atoms with E-state index in [1.54, 1.807) is 12.4 Å². The number of anilines is 2. The molecule has 0 amide bonds. The average molecular weight is 474 g/mol. The number of nitrogens with zero attached hydrogens (tertiary/aromatic N) is 5. The van der Waals surface area contributed by atoms with E-state index in [0.717, 1.165) is 35.6 Å². The molecule has 0 aromatic carbocycles. The van der Waals surface area contributed by atoms with Gasteiger partial charge in [-0.05, 0) is 68.2 Å². The number of fused-ring (bicyclic) bond motifs is 1. The van der Waals surface area contributed by atoms with Gasteiger partial charge in [0.05, 0.1) is 6.04 Å². The summed E-state index contributed by atoms with van der Waals surface area (Å²) in [4.78, 5) is 22.2. The van der Waals surface area contributed by atoms with Crippen LogP contribution in [0.5, 0.6) is 0 Å². The van der Waals surface area contributed by atoms with Gasteiger partial charge in [-0.3, -0.25) is 9.98 Å². The number of aliphatic imine (C=N–C) groups is 2. The summed E-state index contributed by atoms with van der Waals surface area (Å²) in [5.74, 6) is 0.931. The number of nitrogens with two attached hydrogens (primary N) is 1. The van der Waals surface area contributed by atoms with Crippen LogP contribution in [0.1, 0.15) is 56.9 Å². The number of rotatable bonds is 7. The number of aromatic nitrogens is 3. The minimum Gasteiger partial charge on any atom is -0.328 e. The van der Waals surface area contributed by atoms with Crippen molar-refractivity contribution in [3.05, 3.63) is 60.5 Å². The molecule has 2 aromatic heterocycles. The van der Waals surface area contributed by atoms with Gasteiger partial charge in [0.15, 0.2) is 11.6 Å². The van der Waals surface area contributed by atoms with Crippen LogP contribution in [0.25, 0.3) is 5.57 Å². The quantitative estimate of drug-likeness (QED) is 0.572. The Balaban J connectivity index is 1.15. The van der Waals surface area contributed by atoms with Crippen molar-refractivity contribution in [2.24, 2.45) is 27.6 Å². The van der Waals surface area contributed by atoms with Gasteiger partial charge < -0.3 is 11.1 Å². The molecule has 0 spiro atoms. The van der Waals surface area contributed by atoms with Crippen LogP contribution in [0.2, 0.25) is 0 Å². The summed E-state index contributed by atoms with van der Waals surface area (Å²) in [5.41, 5.74) is 9.04.